The summed E-state index contributed by atoms with van der Waals surface area (Å²) in [6.45, 7) is 20.0. The molecule has 0 bridgehead atoms. The molecule has 0 spiro atoms. The van der Waals surface area contributed by atoms with Crippen LogP contribution in [0.2, 0.25) is 0 Å². The van der Waals surface area contributed by atoms with E-state index in [0.29, 0.717) is 6.04 Å². The summed E-state index contributed by atoms with van der Waals surface area (Å²) in [5, 5.41) is 3.64. The van der Waals surface area contributed by atoms with Gasteiger partial charge in [0.25, 0.3) is 0 Å². The van der Waals surface area contributed by atoms with Crippen LogP contribution in [-0.4, -0.2) is 49.8 Å². The molecule has 1 N–H and O–H groups in total. The van der Waals surface area contributed by atoms with Crippen molar-refractivity contribution in [3.63, 3.8) is 0 Å². The van der Waals surface area contributed by atoms with Crippen LogP contribution in [0, 0.1) is 11.8 Å². The second kappa shape index (κ2) is 10.6. The zero-order chi connectivity index (χ0) is 16.5. The van der Waals surface area contributed by atoms with Gasteiger partial charge in [0.05, 0.1) is 6.61 Å². The molecule has 1 atom stereocenters. The fourth-order valence-corrected chi connectivity index (χ4v) is 2.23. The highest BCUT2D eigenvalue weighted by Gasteiger charge is 2.21. The Balaban J connectivity index is 4.64. The van der Waals surface area contributed by atoms with Crippen LogP contribution in [0.15, 0.2) is 0 Å². The Morgan fingerprint density at radius 2 is 1.43 bits per heavy atom. The Morgan fingerprint density at radius 3 is 1.76 bits per heavy atom. The Kier molecular flexibility index (Phi) is 10.5. The summed E-state index contributed by atoms with van der Waals surface area (Å²) < 4.78 is 5.48. The molecule has 3 heteroatoms. The molecule has 0 rings (SSSR count). The molecule has 128 valence electrons. The molecule has 0 saturated heterocycles. The molecule has 21 heavy (non-hydrogen) atoms. The topological polar surface area (TPSA) is 24.5 Å². The summed E-state index contributed by atoms with van der Waals surface area (Å²) in [6, 6.07) is 0.465. The van der Waals surface area contributed by atoms with Gasteiger partial charge in [-0.15, -0.1) is 0 Å². The zero-order valence-electron chi connectivity index (χ0n) is 15.8. The van der Waals surface area contributed by atoms with E-state index >= 15 is 0 Å². The lowest BCUT2D eigenvalue weighted by Crippen LogP contribution is -2.50. The largest absolute Gasteiger partial charge is 0.383 e. The maximum Gasteiger partial charge on any atom is 0.0630 e. The van der Waals surface area contributed by atoms with Crippen molar-refractivity contribution in [2.75, 3.05) is 33.4 Å². The van der Waals surface area contributed by atoms with E-state index in [-0.39, 0.29) is 5.54 Å². The number of hydrogen-bond donors (Lipinski definition) is 1. The first-order valence-corrected chi connectivity index (χ1v) is 8.63. The molecule has 0 saturated carbocycles. The van der Waals surface area contributed by atoms with Crippen molar-refractivity contribution in [3.8, 4) is 0 Å². The third-order valence-electron chi connectivity index (χ3n) is 3.73. The first-order chi connectivity index (χ1) is 9.65. The zero-order valence-corrected chi connectivity index (χ0v) is 15.8. The van der Waals surface area contributed by atoms with Crippen molar-refractivity contribution in [2.45, 2.75) is 72.9 Å². The van der Waals surface area contributed by atoms with Crippen molar-refractivity contribution in [1.82, 2.24) is 10.2 Å². The highest BCUT2D eigenvalue weighted by molar-refractivity contribution is 4.79. The average molecular weight is 301 g/mol. The van der Waals surface area contributed by atoms with E-state index < -0.39 is 0 Å². The molecule has 0 aliphatic carbocycles. The second-order valence-corrected chi connectivity index (χ2v) is 8.14. The van der Waals surface area contributed by atoms with E-state index in [9.17, 15) is 0 Å². The van der Waals surface area contributed by atoms with E-state index in [1.807, 2.05) is 7.11 Å². The Labute approximate surface area is 133 Å². The minimum absolute atomic E-state index is 0.160. The lowest BCUT2D eigenvalue weighted by atomic mass is 10.1. The molecule has 0 aliphatic rings. The molecule has 0 aromatic rings. The van der Waals surface area contributed by atoms with E-state index in [1.54, 1.807) is 0 Å². The number of nitrogens with one attached hydrogen (secondary N) is 1. The summed E-state index contributed by atoms with van der Waals surface area (Å²) in [5.41, 5.74) is 0.160. The van der Waals surface area contributed by atoms with Gasteiger partial charge in [-0.1, -0.05) is 27.7 Å². The van der Waals surface area contributed by atoms with Gasteiger partial charge in [-0.25, -0.2) is 0 Å². The first-order valence-electron chi connectivity index (χ1n) is 8.63. The highest BCUT2D eigenvalue weighted by atomic mass is 16.5. The van der Waals surface area contributed by atoms with Gasteiger partial charge in [-0.05, 0) is 58.5 Å². The quantitative estimate of drug-likeness (QED) is 0.628. The van der Waals surface area contributed by atoms with Crippen LogP contribution in [0.4, 0.5) is 0 Å². The van der Waals surface area contributed by atoms with Crippen LogP contribution < -0.4 is 5.32 Å². The summed E-state index contributed by atoms with van der Waals surface area (Å²) in [6.07, 6.45) is 2.52. The van der Waals surface area contributed by atoms with Gasteiger partial charge in [0.15, 0.2) is 0 Å². The molecule has 0 fully saturated rings. The number of nitrogens with zero attached hydrogens (tertiary/aromatic N) is 1. The van der Waals surface area contributed by atoms with Gasteiger partial charge in [0.2, 0.25) is 0 Å². The minimum Gasteiger partial charge on any atom is -0.383 e. The van der Waals surface area contributed by atoms with Crippen molar-refractivity contribution in [2.24, 2.45) is 11.8 Å². The summed E-state index contributed by atoms with van der Waals surface area (Å²) in [7, 11) is 1.81. The SMILES string of the molecule is COCC(CNC(C)(C)C)N(CCC(C)C)CCC(C)C. The standard InChI is InChI=1S/C18H40N2O/c1-15(2)9-11-20(12-10-16(3)4)17(14-21-8)13-19-18(5,6)7/h15-17,19H,9-14H2,1-8H3. The Hall–Kier alpha value is -0.120. The van der Waals surface area contributed by atoms with Crippen LogP contribution in [0.1, 0.15) is 61.3 Å². The van der Waals surface area contributed by atoms with Gasteiger partial charge < -0.3 is 10.1 Å². The van der Waals surface area contributed by atoms with E-state index in [1.165, 1.54) is 25.9 Å². The van der Waals surface area contributed by atoms with Crippen LogP contribution in [0.25, 0.3) is 0 Å². The molecular formula is C18H40N2O. The fourth-order valence-electron chi connectivity index (χ4n) is 2.23. The monoisotopic (exact) mass is 300 g/mol. The number of methoxy groups -OCH3 is 1. The average Bonchev–Trinajstić information content (AvgIpc) is 2.33. The maximum absolute atomic E-state index is 5.48. The Bertz CT molecular complexity index is 234. The van der Waals surface area contributed by atoms with E-state index in [0.717, 1.165) is 25.0 Å². The molecule has 0 radical (unpaired) electrons. The van der Waals surface area contributed by atoms with Crippen molar-refractivity contribution >= 4 is 0 Å². The third-order valence-corrected chi connectivity index (χ3v) is 3.73. The van der Waals surface area contributed by atoms with Gasteiger partial charge >= 0.3 is 0 Å². The normalized spacial score (nSPS) is 14.4. The predicted molar refractivity (Wildman–Crippen MR) is 93.9 cm³/mol. The molecule has 0 heterocycles. The van der Waals surface area contributed by atoms with E-state index in [4.69, 9.17) is 4.74 Å². The minimum atomic E-state index is 0.160. The van der Waals surface area contributed by atoms with Gasteiger partial charge in [0, 0.05) is 25.2 Å². The maximum atomic E-state index is 5.48. The third kappa shape index (κ3) is 12.1. The molecule has 3 nitrogen and oxygen atoms in total. The Morgan fingerprint density at radius 1 is 0.952 bits per heavy atom. The lowest BCUT2D eigenvalue weighted by Gasteiger charge is -2.34. The lowest BCUT2D eigenvalue weighted by molar-refractivity contribution is 0.0789. The smallest absolute Gasteiger partial charge is 0.0630 e. The molecule has 1 unspecified atom stereocenters. The van der Waals surface area contributed by atoms with Crippen LogP contribution in [-0.2, 0) is 4.74 Å². The highest BCUT2D eigenvalue weighted by Crippen LogP contribution is 2.11. The van der Waals surface area contributed by atoms with E-state index in [2.05, 4.69) is 58.7 Å². The van der Waals surface area contributed by atoms with Crippen molar-refractivity contribution in [1.29, 1.82) is 0 Å². The first kappa shape index (κ1) is 20.9. The van der Waals surface area contributed by atoms with Crippen LogP contribution in [0.5, 0.6) is 0 Å². The second-order valence-electron chi connectivity index (χ2n) is 8.14. The number of ether oxygens (including phenoxy) is 1. The molecule has 0 aromatic carbocycles. The fraction of sp³-hybridized carbons (Fsp3) is 1.00. The predicted octanol–water partition coefficient (Wildman–Crippen LogP) is 3.78. The van der Waals surface area contributed by atoms with Crippen LogP contribution in [0.3, 0.4) is 0 Å². The number of rotatable bonds is 11. The van der Waals surface area contributed by atoms with Crippen molar-refractivity contribution in [3.05, 3.63) is 0 Å². The number of hydrogen-bond acceptors (Lipinski definition) is 3. The molecule has 0 aliphatic heterocycles. The van der Waals surface area contributed by atoms with Gasteiger partial charge in [-0.3, -0.25) is 4.90 Å². The van der Waals surface area contributed by atoms with Crippen molar-refractivity contribution < 1.29 is 4.74 Å². The summed E-state index contributed by atoms with van der Waals surface area (Å²) in [5.74, 6) is 1.51. The van der Waals surface area contributed by atoms with Gasteiger partial charge in [-0.2, -0.15) is 0 Å². The molecule has 0 aromatic heterocycles. The van der Waals surface area contributed by atoms with Crippen LogP contribution >= 0.6 is 0 Å². The summed E-state index contributed by atoms with van der Waals surface area (Å²) >= 11 is 0. The van der Waals surface area contributed by atoms with Gasteiger partial charge in [0.1, 0.15) is 0 Å². The molecular weight excluding hydrogens is 260 g/mol. The molecule has 0 amide bonds. The summed E-state index contributed by atoms with van der Waals surface area (Å²) in [4.78, 5) is 2.63.